The van der Waals surface area contributed by atoms with Gasteiger partial charge in [0.1, 0.15) is 0 Å². The predicted molar refractivity (Wildman–Crippen MR) is 58.1 cm³/mol. The van der Waals surface area contributed by atoms with Gasteiger partial charge in [0.2, 0.25) is 0 Å². The summed E-state index contributed by atoms with van der Waals surface area (Å²) in [4.78, 5) is 0. The maximum absolute atomic E-state index is 11.7. The second-order valence-corrected chi connectivity index (χ2v) is 5.44. The third-order valence-electron chi connectivity index (χ3n) is 2.06. The molecule has 86 valence electrons. The summed E-state index contributed by atoms with van der Waals surface area (Å²) >= 11 is 0. The molecule has 0 aliphatic rings. The van der Waals surface area contributed by atoms with E-state index in [-0.39, 0.29) is 0 Å². The lowest BCUT2D eigenvalue weighted by Gasteiger charge is -2.23. The van der Waals surface area contributed by atoms with Gasteiger partial charge in [0.05, 0.1) is 0 Å². The van der Waals surface area contributed by atoms with E-state index in [0.717, 1.165) is 12.8 Å². The summed E-state index contributed by atoms with van der Waals surface area (Å²) in [6.07, 6.45) is 1.87. The third-order valence-corrected chi connectivity index (χ3v) is 4.00. The van der Waals surface area contributed by atoms with Crippen molar-refractivity contribution in [2.24, 2.45) is 5.73 Å². The Bertz CT molecular complexity index is 241. The number of rotatable bonds is 7. The molecule has 0 spiro atoms. The molecule has 5 nitrogen and oxygen atoms in total. The first kappa shape index (κ1) is 13.8. The molecule has 0 aliphatic heterocycles. The van der Waals surface area contributed by atoms with Gasteiger partial charge < -0.3 is 5.73 Å². The van der Waals surface area contributed by atoms with Gasteiger partial charge in [-0.25, -0.2) is 0 Å². The van der Waals surface area contributed by atoms with Gasteiger partial charge >= 0.3 is 0 Å². The first-order chi connectivity index (χ1) is 6.46. The van der Waals surface area contributed by atoms with Crippen LogP contribution in [0.1, 0.15) is 19.8 Å². The Morgan fingerprint density at radius 2 is 1.64 bits per heavy atom. The first-order valence-corrected chi connectivity index (χ1v) is 6.24. The lowest BCUT2D eigenvalue weighted by Crippen LogP contribution is -2.42. The van der Waals surface area contributed by atoms with Gasteiger partial charge in [0.15, 0.2) is 0 Å². The highest BCUT2D eigenvalue weighted by atomic mass is 32.2. The van der Waals surface area contributed by atoms with E-state index in [1.165, 1.54) is 8.61 Å². The Morgan fingerprint density at radius 3 is 2.07 bits per heavy atom. The third kappa shape index (κ3) is 3.91. The van der Waals surface area contributed by atoms with Gasteiger partial charge in [-0.3, -0.25) is 0 Å². The molecule has 0 saturated carbocycles. The van der Waals surface area contributed by atoms with Crippen molar-refractivity contribution in [2.75, 3.05) is 33.7 Å². The van der Waals surface area contributed by atoms with Crippen molar-refractivity contribution in [3.63, 3.8) is 0 Å². The molecule has 0 aromatic rings. The van der Waals surface area contributed by atoms with E-state index in [2.05, 4.69) is 0 Å². The van der Waals surface area contributed by atoms with Crippen LogP contribution in [0.4, 0.5) is 0 Å². The molecule has 0 heterocycles. The number of nitrogens with two attached hydrogens (primary N) is 1. The number of unbranched alkanes of at least 4 members (excludes halogenated alkanes) is 1. The van der Waals surface area contributed by atoms with E-state index in [9.17, 15) is 8.42 Å². The molecule has 0 aromatic carbocycles. The van der Waals surface area contributed by atoms with Crippen LogP contribution in [0.25, 0.3) is 0 Å². The van der Waals surface area contributed by atoms with E-state index in [1.807, 2.05) is 6.92 Å². The molecule has 6 heteroatoms. The van der Waals surface area contributed by atoms with E-state index >= 15 is 0 Å². The first-order valence-electron chi connectivity index (χ1n) is 4.84. The van der Waals surface area contributed by atoms with Crippen LogP contribution in [0.2, 0.25) is 0 Å². The molecule has 14 heavy (non-hydrogen) atoms. The molecular weight excluding hydrogens is 202 g/mol. The number of likely N-dealkylation sites (N-methyl/N-ethyl adjacent to an activating group) is 1. The molecule has 0 radical (unpaired) electrons. The Labute approximate surface area is 87.0 Å². The van der Waals surface area contributed by atoms with Crippen LogP contribution in [0.15, 0.2) is 0 Å². The summed E-state index contributed by atoms with van der Waals surface area (Å²) in [6, 6.07) is 0. The largest absolute Gasteiger partial charge is 0.329 e. The molecule has 0 unspecified atom stereocenters. The summed E-state index contributed by atoms with van der Waals surface area (Å²) in [7, 11) is -0.145. The molecular formula is C8H21N3O2S. The number of nitrogens with zero attached hydrogens (tertiary/aromatic N) is 2. The fraction of sp³-hybridized carbons (Fsp3) is 1.00. The minimum absolute atomic E-state index is 0.345. The predicted octanol–water partition coefficient (Wildman–Crippen LogP) is -0.146. The Balaban J connectivity index is 4.29. The van der Waals surface area contributed by atoms with Gasteiger partial charge in [-0.2, -0.15) is 17.0 Å². The molecule has 0 bridgehead atoms. The van der Waals surface area contributed by atoms with Crippen LogP contribution >= 0.6 is 0 Å². The standard InChI is InChI=1S/C8H21N3O2S/c1-4-5-7-10(2)14(12,13)11(3)8-6-9/h4-9H2,1-3H3. The molecule has 2 N–H and O–H groups in total. The second kappa shape index (κ2) is 6.34. The fourth-order valence-electron chi connectivity index (χ4n) is 1.03. The monoisotopic (exact) mass is 223 g/mol. The molecule has 0 atom stereocenters. The van der Waals surface area contributed by atoms with Gasteiger partial charge in [0.25, 0.3) is 10.2 Å². The quantitative estimate of drug-likeness (QED) is 0.653. The van der Waals surface area contributed by atoms with Crippen molar-refractivity contribution in [1.82, 2.24) is 8.61 Å². The maximum atomic E-state index is 11.7. The van der Waals surface area contributed by atoms with E-state index in [1.54, 1.807) is 14.1 Å². The number of hydrogen-bond acceptors (Lipinski definition) is 3. The highest BCUT2D eigenvalue weighted by Gasteiger charge is 2.21. The topological polar surface area (TPSA) is 66.6 Å². The van der Waals surface area contributed by atoms with Gasteiger partial charge in [-0.15, -0.1) is 0 Å². The van der Waals surface area contributed by atoms with Crippen molar-refractivity contribution >= 4 is 10.2 Å². The highest BCUT2D eigenvalue weighted by molar-refractivity contribution is 7.86. The molecule has 0 saturated heterocycles. The smallest absolute Gasteiger partial charge is 0.281 e. The molecule has 0 aliphatic carbocycles. The molecule has 0 fully saturated rings. The Kier molecular flexibility index (Phi) is 6.26. The average molecular weight is 223 g/mol. The summed E-state index contributed by atoms with van der Waals surface area (Å²) in [5.74, 6) is 0. The van der Waals surface area contributed by atoms with Crippen LogP contribution in [-0.2, 0) is 10.2 Å². The Morgan fingerprint density at radius 1 is 1.14 bits per heavy atom. The van der Waals surface area contributed by atoms with Crippen LogP contribution in [0, 0.1) is 0 Å². The van der Waals surface area contributed by atoms with E-state index < -0.39 is 10.2 Å². The zero-order valence-electron chi connectivity index (χ0n) is 9.23. The van der Waals surface area contributed by atoms with Crippen molar-refractivity contribution in [3.8, 4) is 0 Å². The van der Waals surface area contributed by atoms with Crippen molar-refractivity contribution < 1.29 is 8.42 Å². The zero-order chi connectivity index (χ0) is 11.2. The van der Waals surface area contributed by atoms with Crippen LogP contribution in [0.3, 0.4) is 0 Å². The lowest BCUT2D eigenvalue weighted by atomic mass is 10.3. The van der Waals surface area contributed by atoms with E-state index in [0.29, 0.717) is 19.6 Å². The minimum Gasteiger partial charge on any atom is -0.329 e. The van der Waals surface area contributed by atoms with E-state index in [4.69, 9.17) is 5.73 Å². The maximum Gasteiger partial charge on any atom is 0.281 e. The zero-order valence-corrected chi connectivity index (χ0v) is 10.0. The van der Waals surface area contributed by atoms with Crippen LogP contribution in [-0.4, -0.2) is 50.8 Å². The summed E-state index contributed by atoms with van der Waals surface area (Å²) in [6.45, 7) is 3.30. The van der Waals surface area contributed by atoms with Crippen molar-refractivity contribution in [1.29, 1.82) is 0 Å². The van der Waals surface area contributed by atoms with Crippen LogP contribution < -0.4 is 5.73 Å². The average Bonchev–Trinajstić information content (AvgIpc) is 2.14. The molecule has 0 rings (SSSR count). The summed E-state index contributed by atoms with van der Waals surface area (Å²) in [5, 5.41) is 0. The number of hydrogen-bond donors (Lipinski definition) is 1. The fourth-order valence-corrected chi connectivity index (χ4v) is 2.20. The second-order valence-electron chi connectivity index (χ2n) is 3.29. The highest BCUT2D eigenvalue weighted by Crippen LogP contribution is 2.04. The van der Waals surface area contributed by atoms with Crippen LogP contribution in [0.5, 0.6) is 0 Å². The minimum atomic E-state index is -3.29. The molecule has 0 amide bonds. The lowest BCUT2D eigenvalue weighted by molar-refractivity contribution is 0.391. The molecule has 0 aromatic heterocycles. The SMILES string of the molecule is CCCCN(C)S(=O)(=O)N(C)CCN. The Hall–Kier alpha value is -0.170. The summed E-state index contributed by atoms with van der Waals surface area (Å²) in [5.41, 5.74) is 5.30. The van der Waals surface area contributed by atoms with Gasteiger partial charge in [-0.05, 0) is 6.42 Å². The normalized spacial score (nSPS) is 12.7. The van der Waals surface area contributed by atoms with Crippen molar-refractivity contribution in [3.05, 3.63) is 0 Å². The van der Waals surface area contributed by atoms with Gasteiger partial charge in [0, 0.05) is 33.7 Å². The van der Waals surface area contributed by atoms with Gasteiger partial charge in [-0.1, -0.05) is 13.3 Å². The van der Waals surface area contributed by atoms with Crippen molar-refractivity contribution in [2.45, 2.75) is 19.8 Å². The summed E-state index contributed by atoms with van der Waals surface area (Å²) < 4.78 is 26.1.